The van der Waals surface area contributed by atoms with Gasteiger partial charge in [-0.25, -0.2) is 0 Å². The summed E-state index contributed by atoms with van der Waals surface area (Å²) in [5.74, 6) is -1.17. The molecule has 0 radical (unpaired) electrons. The van der Waals surface area contributed by atoms with E-state index < -0.39 is 58.4 Å². The van der Waals surface area contributed by atoms with Crippen LogP contribution in [0.2, 0.25) is 0 Å². The third kappa shape index (κ3) is 6.45. The molecule has 1 aromatic rings. The molecule has 1 aromatic carbocycles. The number of hydrogen-bond donors (Lipinski definition) is 1. The SMILES string of the molecule is C[N+]#CC1(NC(=O)C2CC(Sc3ccc(OCC(F)(F)F)cc3C(F)(F)F)CN2C(=O)C2(C)CC2)CC1. The lowest BCUT2D eigenvalue weighted by atomic mass is 10.1. The standard InChI is InChI=1S/C24H25F6N3O3S/c1-21(5-6-21)20(35)33-11-15(10-17(33)19(34)32-22(7-8-22)12-31-2)37-18-4-3-14(36-13-23(25,26)27)9-16(18)24(28,29)30/h3-4,9,15,17H,5-8,10-11,13H2,1-2H3/p+1. The highest BCUT2D eigenvalue weighted by atomic mass is 32.2. The van der Waals surface area contributed by atoms with E-state index in [0.717, 1.165) is 23.9 Å². The summed E-state index contributed by atoms with van der Waals surface area (Å²) in [7, 11) is 1.54. The number of rotatable bonds is 7. The molecule has 1 aliphatic heterocycles. The first-order valence-corrected chi connectivity index (χ1v) is 12.6. The van der Waals surface area contributed by atoms with Gasteiger partial charge in [0.25, 0.3) is 7.05 Å². The summed E-state index contributed by atoms with van der Waals surface area (Å²) in [6.45, 7) is 0.152. The number of hydrogen-bond acceptors (Lipinski definition) is 4. The Bertz CT molecular complexity index is 1140. The van der Waals surface area contributed by atoms with E-state index >= 15 is 0 Å². The Morgan fingerprint density at radius 2 is 1.86 bits per heavy atom. The summed E-state index contributed by atoms with van der Waals surface area (Å²) < 4.78 is 83.2. The predicted octanol–water partition coefficient (Wildman–Crippen LogP) is 5.12. The molecule has 13 heteroatoms. The van der Waals surface area contributed by atoms with Gasteiger partial charge in [0, 0.05) is 22.1 Å². The molecule has 2 unspecified atom stereocenters. The summed E-state index contributed by atoms with van der Waals surface area (Å²) in [6, 6.07) is 4.64. The van der Waals surface area contributed by atoms with E-state index in [2.05, 4.69) is 21.0 Å². The van der Waals surface area contributed by atoms with Crippen molar-refractivity contribution >= 4 is 23.6 Å². The van der Waals surface area contributed by atoms with E-state index in [1.807, 2.05) is 0 Å². The van der Waals surface area contributed by atoms with Gasteiger partial charge in [-0.2, -0.15) is 26.3 Å². The molecule has 0 aromatic heterocycles. The molecule has 37 heavy (non-hydrogen) atoms. The number of alkyl halides is 6. The number of halogens is 6. The molecule has 2 amide bonds. The summed E-state index contributed by atoms with van der Waals surface area (Å²) in [5.41, 5.74) is -2.39. The molecular weight excluding hydrogens is 524 g/mol. The van der Waals surface area contributed by atoms with E-state index in [9.17, 15) is 35.9 Å². The van der Waals surface area contributed by atoms with Crippen LogP contribution in [0.4, 0.5) is 26.3 Å². The van der Waals surface area contributed by atoms with Crippen LogP contribution >= 0.6 is 11.8 Å². The van der Waals surface area contributed by atoms with Gasteiger partial charge < -0.3 is 15.0 Å². The van der Waals surface area contributed by atoms with Gasteiger partial charge in [-0.3, -0.25) is 9.59 Å². The van der Waals surface area contributed by atoms with Crippen LogP contribution in [0.25, 0.3) is 4.85 Å². The van der Waals surface area contributed by atoms with Gasteiger partial charge in [0.2, 0.25) is 11.8 Å². The lowest BCUT2D eigenvalue weighted by Crippen LogP contribution is -2.50. The fourth-order valence-electron chi connectivity index (χ4n) is 4.29. The Balaban J connectivity index is 1.54. The first-order valence-electron chi connectivity index (χ1n) is 11.7. The smallest absolute Gasteiger partial charge is 0.422 e. The zero-order valence-corrected chi connectivity index (χ0v) is 20.9. The fourth-order valence-corrected chi connectivity index (χ4v) is 5.62. The Morgan fingerprint density at radius 3 is 2.41 bits per heavy atom. The number of carbonyl (C=O) groups is 2. The number of ether oxygens (including phenoxy) is 1. The maximum Gasteiger partial charge on any atom is 0.422 e. The van der Waals surface area contributed by atoms with Crippen molar-refractivity contribution in [3.05, 3.63) is 28.6 Å². The fraction of sp³-hybridized carbons (Fsp3) is 0.625. The molecule has 2 atom stereocenters. The Labute approximate surface area is 213 Å². The second kappa shape index (κ2) is 9.60. The maximum atomic E-state index is 13.8. The molecule has 2 saturated carbocycles. The monoisotopic (exact) mass is 550 g/mol. The van der Waals surface area contributed by atoms with Crippen LogP contribution in [0.5, 0.6) is 5.75 Å². The molecule has 0 bridgehead atoms. The summed E-state index contributed by atoms with van der Waals surface area (Å²) >= 11 is 0.848. The van der Waals surface area contributed by atoms with Crippen molar-refractivity contribution in [1.29, 1.82) is 0 Å². The number of benzene rings is 1. The van der Waals surface area contributed by atoms with Crippen molar-refractivity contribution in [3.63, 3.8) is 0 Å². The first-order chi connectivity index (χ1) is 17.1. The topological polar surface area (TPSA) is 63.0 Å². The maximum absolute atomic E-state index is 13.8. The minimum atomic E-state index is -4.85. The minimum absolute atomic E-state index is 0.0688. The van der Waals surface area contributed by atoms with Gasteiger partial charge in [-0.15, -0.1) is 11.8 Å². The molecule has 1 N–H and O–H groups in total. The molecule has 3 aliphatic rings. The molecule has 2 aliphatic carbocycles. The average Bonchev–Trinajstić information content (AvgIpc) is 3.69. The van der Waals surface area contributed by atoms with E-state index in [0.29, 0.717) is 31.7 Å². The molecule has 1 heterocycles. The highest BCUT2D eigenvalue weighted by Gasteiger charge is 2.54. The van der Waals surface area contributed by atoms with Crippen LogP contribution in [-0.4, -0.2) is 59.9 Å². The normalized spacial score (nSPS) is 23.6. The molecule has 4 rings (SSSR count). The molecule has 6 nitrogen and oxygen atoms in total. The van der Waals surface area contributed by atoms with E-state index in [4.69, 9.17) is 0 Å². The van der Waals surface area contributed by atoms with Crippen molar-refractivity contribution in [1.82, 2.24) is 10.2 Å². The highest BCUT2D eigenvalue weighted by Crippen LogP contribution is 2.49. The van der Waals surface area contributed by atoms with Gasteiger partial charge in [-0.05, 0) is 50.3 Å². The summed E-state index contributed by atoms with van der Waals surface area (Å²) in [6.07, 6.45) is -6.76. The zero-order valence-electron chi connectivity index (χ0n) is 20.1. The highest BCUT2D eigenvalue weighted by molar-refractivity contribution is 8.00. The Morgan fingerprint density at radius 1 is 1.19 bits per heavy atom. The second-order valence-electron chi connectivity index (χ2n) is 9.98. The number of likely N-dealkylation sites (tertiary alicyclic amines) is 1. The quantitative estimate of drug-likeness (QED) is 0.479. The zero-order chi connectivity index (χ0) is 27.2. The number of thioether (sulfide) groups is 1. The lowest BCUT2D eigenvalue weighted by molar-refractivity contribution is -0.153. The summed E-state index contributed by atoms with van der Waals surface area (Å²) in [4.78, 5) is 31.5. The third-order valence-corrected chi connectivity index (χ3v) is 8.02. The predicted molar refractivity (Wildman–Crippen MR) is 123 cm³/mol. The minimum Gasteiger partial charge on any atom is -0.484 e. The largest absolute Gasteiger partial charge is 0.484 e. The first kappa shape index (κ1) is 27.4. The second-order valence-corrected chi connectivity index (χ2v) is 11.3. The van der Waals surface area contributed by atoms with Crippen molar-refractivity contribution in [2.45, 2.75) is 73.1 Å². The van der Waals surface area contributed by atoms with Crippen LogP contribution in [0, 0.1) is 11.5 Å². The van der Waals surface area contributed by atoms with E-state index in [-0.39, 0.29) is 23.8 Å². The molecule has 1 saturated heterocycles. The number of nitrogens with one attached hydrogen (secondary N) is 1. The van der Waals surface area contributed by atoms with E-state index in [1.165, 1.54) is 11.9 Å². The lowest BCUT2D eigenvalue weighted by Gasteiger charge is -2.27. The number of amides is 2. The van der Waals surface area contributed by atoms with Crippen molar-refractivity contribution in [2.75, 3.05) is 20.2 Å². The van der Waals surface area contributed by atoms with E-state index in [1.54, 1.807) is 6.92 Å². The van der Waals surface area contributed by atoms with Crippen molar-refractivity contribution in [3.8, 4) is 11.8 Å². The van der Waals surface area contributed by atoms with Gasteiger partial charge in [0.05, 0.1) is 5.56 Å². The molecular formula is C24H26F6N3O3S+. The van der Waals surface area contributed by atoms with Gasteiger partial charge in [0.1, 0.15) is 11.8 Å². The van der Waals surface area contributed by atoms with Crippen LogP contribution < -0.4 is 10.1 Å². The van der Waals surface area contributed by atoms with Crippen LogP contribution in [0.15, 0.2) is 23.1 Å². The Hall–Kier alpha value is -2.62. The summed E-state index contributed by atoms with van der Waals surface area (Å²) in [5, 5.41) is 2.35. The molecule has 0 spiro atoms. The Kier molecular flexibility index (Phi) is 7.11. The molecule has 3 fully saturated rings. The third-order valence-electron chi connectivity index (χ3n) is 6.73. The van der Waals surface area contributed by atoms with Crippen LogP contribution in [0.3, 0.4) is 0 Å². The van der Waals surface area contributed by atoms with Gasteiger partial charge in [0.15, 0.2) is 12.1 Å². The van der Waals surface area contributed by atoms with Crippen molar-refractivity contribution < 1.29 is 40.7 Å². The number of nitrogens with zero attached hydrogens (tertiary/aromatic N) is 2. The van der Waals surface area contributed by atoms with Gasteiger partial charge >= 0.3 is 18.4 Å². The average molecular weight is 551 g/mol. The van der Waals surface area contributed by atoms with Gasteiger partial charge in [-0.1, -0.05) is 11.8 Å². The molecule has 202 valence electrons. The van der Waals surface area contributed by atoms with Crippen LogP contribution in [0.1, 0.15) is 44.6 Å². The number of carbonyl (C=O) groups excluding carboxylic acids is 2. The van der Waals surface area contributed by atoms with Crippen molar-refractivity contribution in [2.24, 2.45) is 5.41 Å². The van der Waals surface area contributed by atoms with Crippen LogP contribution in [-0.2, 0) is 15.8 Å².